The van der Waals surface area contributed by atoms with Gasteiger partial charge >= 0.3 is 0 Å². The Labute approximate surface area is 118 Å². The zero-order valence-electron chi connectivity index (χ0n) is 11.5. The van der Waals surface area contributed by atoms with E-state index in [0.717, 1.165) is 11.3 Å². The number of nitrogens with one attached hydrogen (secondary N) is 1. The normalized spacial score (nSPS) is 10.3. The van der Waals surface area contributed by atoms with Crippen LogP contribution in [-0.2, 0) is 11.3 Å². The Bertz CT molecular complexity index is 623. The number of para-hydroxylation sites is 1. The van der Waals surface area contributed by atoms with Gasteiger partial charge in [-0.1, -0.05) is 18.2 Å². The topological polar surface area (TPSA) is 58.6 Å². The summed E-state index contributed by atoms with van der Waals surface area (Å²) >= 11 is 0. The highest BCUT2D eigenvalue weighted by Gasteiger charge is 2.10. The van der Waals surface area contributed by atoms with Crippen molar-refractivity contribution < 1.29 is 14.6 Å². The van der Waals surface area contributed by atoms with Crippen LogP contribution in [0.25, 0.3) is 0 Å². The summed E-state index contributed by atoms with van der Waals surface area (Å²) in [4.78, 5) is 12.2. The highest BCUT2D eigenvalue weighted by Crippen LogP contribution is 2.20. The van der Waals surface area contributed by atoms with Crippen LogP contribution in [0.3, 0.4) is 0 Å². The summed E-state index contributed by atoms with van der Waals surface area (Å²) in [6.07, 6.45) is 0. The van der Waals surface area contributed by atoms with Crippen molar-refractivity contribution in [2.24, 2.45) is 0 Å². The average Bonchev–Trinajstić information content (AvgIpc) is 2.44. The Morgan fingerprint density at radius 2 is 2.00 bits per heavy atom. The van der Waals surface area contributed by atoms with Gasteiger partial charge in [-0.25, -0.2) is 0 Å². The third-order valence-corrected chi connectivity index (χ3v) is 3.02. The molecule has 1 amide bonds. The van der Waals surface area contributed by atoms with Crippen molar-refractivity contribution in [1.29, 1.82) is 0 Å². The van der Waals surface area contributed by atoms with E-state index in [1.165, 1.54) is 6.07 Å². The minimum atomic E-state index is -0.211. The van der Waals surface area contributed by atoms with E-state index in [0.29, 0.717) is 17.7 Å². The standard InChI is InChI=1S/C16H17NO3/c1-11-9-12(7-8-15(11)18)16(19)17-14-6-4-3-5-13(14)10-20-2/h3-9,18H,10H2,1-2H3,(H,17,19). The zero-order valence-corrected chi connectivity index (χ0v) is 11.5. The average molecular weight is 271 g/mol. The first-order valence-electron chi connectivity index (χ1n) is 6.29. The van der Waals surface area contributed by atoms with E-state index in [9.17, 15) is 9.90 Å². The van der Waals surface area contributed by atoms with E-state index in [-0.39, 0.29) is 11.7 Å². The number of carbonyl (C=O) groups is 1. The zero-order chi connectivity index (χ0) is 14.5. The molecule has 0 heterocycles. The van der Waals surface area contributed by atoms with Crippen molar-refractivity contribution in [1.82, 2.24) is 0 Å². The molecule has 0 aliphatic heterocycles. The van der Waals surface area contributed by atoms with Crippen LogP contribution in [0.2, 0.25) is 0 Å². The number of rotatable bonds is 4. The molecule has 20 heavy (non-hydrogen) atoms. The summed E-state index contributed by atoms with van der Waals surface area (Å²) in [6, 6.07) is 12.3. The third-order valence-electron chi connectivity index (χ3n) is 3.02. The molecule has 0 aliphatic rings. The highest BCUT2D eigenvalue weighted by atomic mass is 16.5. The summed E-state index contributed by atoms with van der Waals surface area (Å²) in [7, 11) is 1.61. The summed E-state index contributed by atoms with van der Waals surface area (Å²) in [5.41, 5.74) is 2.82. The Hall–Kier alpha value is -2.33. The molecule has 0 atom stereocenters. The Morgan fingerprint density at radius 3 is 2.70 bits per heavy atom. The molecular weight excluding hydrogens is 254 g/mol. The second-order valence-electron chi connectivity index (χ2n) is 4.55. The van der Waals surface area contributed by atoms with E-state index in [4.69, 9.17) is 4.74 Å². The number of aromatic hydroxyl groups is 1. The molecule has 4 heteroatoms. The van der Waals surface area contributed by atoms with Gasteiger partial charge in [0.25, 0.3) is 5.91 Å². The fourth-order valence-electron chi connectivity index (χ4n) is 1.91. The van der Waals surface area contributed by atoms with Crippen LogP contribution < -0.4 is 5.32 Å². The van der Waals surface area contributed by atoms with E-state index in [1.807, 2.05) is 24.3 Å². The van der Waals surface area contributed by atoms with Gasteiger partial charge in [0.05, 0.1) is 6.61 Å². The fourth-order valence-corrected chi connectivity index (χ4v) is 1.91. The van der Waals surface area contributed by atoms with E-state index in [1.54, 1.807) is 26.2 Å². The van der Waals surface area contributed by atoms with Gasteiger partial charge in [0.1, 0.15) is 5.75 Å². The molecule has 2 N–H and O–H groups in total. The number of ether oxygens (including phenoxy) is 1. The van der Waals surface area contributed by atoms with Crippen LogP contribution in [0.15, 0.2) is 42.5 Å². The van der Waals surface area contributed by atoms with Gasteiger partial charge in [-0.2, -0.15) is 0 Å². The molecule has 0 unspecified atom stereocenters. The van der Waals surface area contributed by atoms with Crippen molar-refractivity contribution in [3.8, 4) is 5.75 Å². The molecule has 2 rings (SSSR count). The molecule has 0 spiro atoms. The van der Waals surface area contributed by atoms with E-state index >= 15 is 0 Å². The van der Waals surface area contributed by atoms with Crippen molar-refractivity contribution in [3.63, 3.8) is 0 Å². The Balaban J connectivity index is 2.21. The third kappa shape index (κ3) is 3.16. The molecular formula is C16H17NO3. The predicted octanol–water partition coefficient (Wildman–Crippen LogP) is 3.10. The van der Waals surface area contributed by atoms with Crippen molar-refractivity contribution in [3.05, 3.63) is 59.2 Å². The van der Waals surface area contributed by atoms with Crippen LogP contribution in [0.4, 0.5) is 5.69 Å². The second-order valence-corrected chi connectivity index (χ2v) is 4.55. The number of carbonyl (C=O) groups excluding carboxylic acids is 1. The van der Waals surface area contributed by atoms with Gasteiger partial charge in [-0.15, -0.1) is 0 Å². The molecule has 0 saturated heterocycles. The molecule has 0 radical (unpaired) electrons. The van der Waals surface area contributed by atoms with Crippen LogP contribution in [0.5, 0.6) is 5.75 Å². The molecule has 2 aromatic carbocycles. The van der Waals surface area contributed by atoms with Gasteiger partial charge < -0.3 is 15.2 Å². The summed E-state index contributed by atoms with van der Waals surface area (Å²) < 4.78 is 5.11. The second kappa shape index (κ2) is 6.21. The molecule has 0 bridgehead atoms. The summed E-state index contributed by atoms with van der Waals surface area (Å²) in [5.74, 6) is -0.0296. The number of aryl methyl sites for hydroxylation is 1. The molecule has 2 aromatic rings. The maximum absolute atomic E-state index is 12.2. The lowest BCUT2D eigenvalue weighted by Gasteiger charge is -2.11. The smallest absolute Gasteiger partial charge is 0.255 e. The number of hydrogen-bond acceptors (Lipinski definition) is 3. The highest BCUT2D eigenvalue weighted by molar-refractivity contribution is 6.04. The lowest BCUT2D eigenvalue weighted by atomic mass is 10.1. The maximum atomic E-state index is 12.2. The monoisotopic (exact) mass is 271 g/mol. The van der Waals surface area contributed by atoms with Crippen molar-refractivity contribution in [2.75, 3.05) is 12.4 Å². The Kier molecular flexibility index (Phi) is 4.38. The van der Waals surface area contributed by atoms with Crippen LogP contribution in [-0.4, -0.2) is 18.1 Å². The predicted molar refractivity (Wildman–Crippen MR) is 78.0 cm³/mol. The molecule has 0 aromatic heterocycles. The van der Waals surface area contributed by atoms with Gasteiger partial charge in [0.2, 0.25) is 0 Å². The number of phenolic OH excluding ortho intramolecular Hbond substituents is 1. The number of hydrogen-bond donors (Lipinski definition) is 2. The minimum Gasteiger partial charge on any atom is -0.508 e. The number of phenols is 1. The first kappa shape index (κ1) is 14.1. The van der Waals surface area contributed by atoms with Crippen molar-refractivity contribution >= 4 is 11.6 Å². The number of benzene rings is 2. The first-order chi connectivity index (χ1) is 9.61. The number of amides is 1. The number of methoxy groups -OCH3 is 1. The van der Waals surface area contributed by atoms with Gasteiger partial charge in [-0.3, -0.25) is 4.79 Å². The lowest BCUT2D eigenvalue weighted by Crippen LogP contribution is -2.13. The fraction of sp³-hybridized carbons (Fsp3) is 0.188. The van der Waals surface area contributed by atoms with Crippen LogP contribution >= 0.6 is 0 Å². The molecule has 0 fully saturated rings. The van der Waals surface area contributed by atoms with Crippen LogP contribution in [0, 0.1) is 6.92 Å². The summed E-state index contributed by atoms with van der Waals surface area (Å²) in [6.45, 7) is 2.19. The number of anilines is 1. The van der Waals surface area contributed by atoms with E-state index in [2.05, 4.69) is 5.32 Å². The first-order valence-corrected chi connectivity index (χ1v) is 6.29. The minimum absolute atomic E-state index is 0.182. The van der Waals surface area contributed by atoms with Gasteiger partial charge in [0.15, 0.2) is 0 Å². The molecule has 4 nitrogen and oxygen atoms in total. The maximum Gasteiger partial charge on any atom is 0.255 e. The van der Waals surface area contributed by atoms with Gasteiger partial charge in [0, 0.05) is 23.9 Å². The molecule has 0 saturated carbocycles. The van der Waals surface area contributed by atoms with Gasteiger partial charge in [-0.05, 0) is 36.8 Å². The molecule has 0 aliphatic carbocycles. The largest absolute Gasteiger partial charge is 0.508 e. The Morgan fingerprint density at radius 1 is 1.25 bits per heavy atom. The summed E-state index contributed by atoms with van der Waals surface area (Å²) in [5, 5.41) is 12.3. The molecule has 104 valence electrons. The van der Waals surface area contributed by atoms with E-state index < -0.39 is 0 Å². The van der Waals surface area contributed by atoms with Crippen LogP contribution in [0.1, 0.15) is 21.5 Å². The quantitative estimate of drug-likeness (QED) is 0.898. The lowest BCUT2D eigenvalue weighted by molar-refractivity contribution is 0.102. The van der Waals surface area contributed by atoms with Crippen molar-refractivity contribution in [2.45, 2.75) is 13.5 Å². The SMILES string of the molecule is COCc1ccccc1NC(=O)c1ccc(O)c(C)c1.